The van der Waals surface area contributed by atoms with Crippen molar-refractivity contribution in [2.24, 2.45) is 0 Å². The van der Waals surface area contributed by atoms with Gasteiger partial charge < -0.3 is 9.73 Å². The predicted molar refractivity (Wildman–Crippen MR) is 72.1 cm³/mol. The Bertz CT molecular complexity index is 565. The normalized spacial score (nSPS) is 12.5. The molecule has 94 valence electrons. The number of nitrogens with zero attached hydrogens (tertiary/aromatic N) is 1. The van der Waals surface area contributed by atoms with E-state index in [0.29, 0.717) is 6.42 Å². The molecule has 0 amide bonds. The molecule has 1 N–H and O–H groups in total. The molecule has 0 radical (unpaired) electrons. The summed E-state index contributed by atoms with van der Waals surface area (Å²) in [6.07, 6.45) is 1.51. The molecule has 0 fully saturated rings. The van der Waals surface area contributed by atoms with Gasteiger partial charge in [-0.25, -0.2) is 0 Å². The van der Waals surface area contributed by atoms with Crippen LogP contribution in [0.2, 0.25) is 0 Å². The number of nitrogens with one attached hydrogen (secondary N) is 1. The Balaban J connectivity index is 2.16. The smallest absolute Gasteiger partial charge is 0.134 e. The molecule has 0 aliphatic heterocycles. The quantitative estimate of drug-likeness (QED) is 0.872. The lowest BCUT2D eigenvalue weighted by molar-refractivity contribution is 0.497. The first-order chi connectivity index (χ1) is 8.76. The molecule has 18 heavy (non-hydrogen) atoms. The molecule has 0 aliphatic carbocycles. The number of rotatable bonds is 5. The fourth-order valence-electron chi connectivity index (χ4n) is 2.16. The van der Waals surface area contributed by atoms with E-state index in [2.05, 4.69) is 24.4 Å². The Morgan fingerprint density at radius 3 is 2.89 bits per heavy atom. The largest absolute Gasteiger partial charge is 0.461 e. The van der Waals surface area contributed by atoms with Crippen molar-refractivity contribution in [2.45, 2.75) is 39.3 Å². The molecule has 1 aromatic heterocycles. The van der Waals surface area contributed by atoms with Crippen molar-refractivity contribution in [3.8, 4) is 6.07 Å². The van der Waals surface area contributed by atoms with E-state index in [9.17, 15) is 0 Å². The Morgan fingerprint density at radius 2 is 2.17 bits per heavy atom. The van der Waals surface area contributed by atoms with Crippen LogP contribution in [-0.2, 0) is 6.54 Å². The van der Waals surface area contributed by atoms with E-state index in [-0.39, 0.29) is 6.04 Å². The van der Waals surface area contributed by atoms with Crippen LogP contribution >= 0.6 is 0 Å². The van der Waals surface area contributed by atoms with Gasteiger partial charge >= 0.3 is 0 Å². The molecular weight excluding hydrogens is 224 g/mol. The standard InChI is InChI=1S/C15H18N2O/c1-3-12(8-9-16)17-10-14-11(2)18-15-7-5-4-6-13(14)15/h4-7,12,17H,3,8,10H2,1-2H3. The molecule has 0 saturated carbocycles. The zero-order chi connectivity index (χ0) is 13.0. The number of aryl methyl sites for hydroxylation is 1. The summed E-state index contributed by atoms with van der Waals surface area (Å²) in [6.45, 7) is 4.83. The lowest BCUT2D eigenvalue weighted by Gasteiger charge is -2.13. The second kappa shape index (κ2) is 5.70. The van der Waals surface area contributed by atoms with Crippen LogP contribution in [0, 0.1) is 18.3 Å². The summed E-state index contributed by atoms with van der Waals surface area (Å²) in [6, 6.07) is 10.5. The summed E-state index contributed by atoms with van der Waals surface area (Å²) >= 11 is 0. The summed E-state index contributed by atoms with van der Waals surface area (Å²) in [7, 11) is 0. The van der Waals surface area contributed by atoms with Crippen LogP contribution in [0.3, 0.4) is 0 Å². The number of para-hydroxylation sites is 1. The SMILES string of the molecule is CCC(CC#N)NCc1c(C)oc2ccccc12. The van der Waals surface area contributed by atoms with Gasteiger partial charge in [-0.15, -0.1) is 0 Å². The van der Waals surface area contributed by atoms with Crippen LogP contribution in [-0.4, -0.2) is 6.04 Å². The molecule has 1 heterocycles. The molecule has 0 bridgehead atoms. The minimum Gasteiger partial charge on any atom is -0.461 e. The van der Waals surface area contributed by atoms with Crippen molar-refractivity contribution in [3.63, 3.8) is 0 Å². The van der Waals surface area contributed by atoms with Crippen molar-refractivity contribution in [1.29, 1.82) is 5.26 Å². The maximum atomic E-state index is 8.74. The van der Waals surface area contributed by atoms with Crippen molar-refractivity contribution in [3.05, 3.63) is 35.6 Å². The summed E-state index contributed by atoms with van der Waals surface area (Å²) in [4.78, 5) is 0. The van der Waals surface area contributed by atoms with Gasteiger partial charge in [0.15, 0.2) is 0 Å². The summed E-state index contributed by atoms with van der Waals surface area (Å²) in [5.74, 6) is 0.954. The van der Waals surface area contributed by atoms with Crippen LogP contribution in [0.4, 0.5) is 0 Å². The first-order valence-corrected chi connectivity index (χ1v) is 6.33. The molecule has 2 aromatic rings. The number of benzene rings is 1. The van der Waals surface area contributed by atoms with E-state index in [1.807, 2.05) is 25.1 Å². The van der Waals surface area contributed by atoms with Gasteiger partial charge in [0.2, 0.25) is 0 Å². The van der Waals surface area contributed by atoms with Gasteiger partial charge in [-0.3, -0.25) is 0 Å². The summed E-state index contributed by atoms with van der Waals surface area (Å²) < 4.78 is 5.72. The highest BCUT2D eigenvalue weighted by Crippen LogP contribution is 2.25. The van der Waals surface area contributed by atoms with E-state index < -0.39 is 0 Å². The Hall–Kier alpha value is -1.79. The highest BCUT2D eigenvalue weighted by atomic mass is 16.3. The van der Waals surface area contributed by atoms with Crippen LogP contribution < -0.4 is 5.32 Å². The topological polar surface area (TPSA) is 49.0 Å². The van der Waals surface area contributed by atoms with Gasteiger partial charge in [0, 0.05) is 23.5 Å². The van der Waals surface area contributed by atoms with Gasteiger partial charge in [0.05, 0.1) is 12.5 Å². The second-order valence-electron chi connectivity index (χ2n) is 4.48. The molecule has 2 rings (SSSR count). The van der Waals surface area contributed by atoms with Crippen LogP contribution in [0.5, 0.6) is 0 Å². The molecule has 3 nitrogen and oxygen atoms in total. The molecular formula is C15H18N2O. The first-order valence-electron chi connectivity index (χ1n) is 6.33. The summed E-state index contributed by atoms with van der Waals surface area (Å²) in [5.41, 5.74) is 2.13. The average Bonchev–Trinajstić information content (AvgIpc) is 2.70. The zero-order valence-electron chi connectivity index (χ0n) is 10.9. The zero-order valence-corrected chi connectivity index (χ0v) is 10.9. The van der Waals surface area contributed by atoms with Gasteiger partial charge in [0.1, 0.15) is 11.3 Å². The maximum absolute atomic E-state index is 8.74. The van der Waals surface area contributed by atoms with Crippen molar-refractivity contribution in [2.75, 3.05) is 0 Å². The maximum Gasteiger partial charge on any atom is 0.134 e. The number of furan rings is 1. The van der Waals surface area contributed by atoms with Crippen molar-refractivity contribution < 1.29 is 4.42 Å². The van der Waals surface area contributed by atoms with Crippen LogP contribution in [0.1, 0.15) is 31.1 Å². The fraction of sp³-hybridized carbons (Fsp3) is 0.400. The molecule has 0 saturated heterocycles. The van der Waals surface area contributed by atoms with Crippen molar-refractivity contribution >= 4 is 11.0 Å². The predicted octanol–water partition coefficient (Wildman–Crippen LogP) is 3.52. The third kappa shape index (κ3) is 2.55. The van der Waals surface area contributed by atoms with Crippen LogP contribution in [0.25, 0.3) is 11.0 Å². The highest BCUT2D eigenvalue weighted by Gasteiger charge is 2.12. The number of nitriles is 1. The van der Waals surface area contributed by atoms with Crippen LogP contribution in [0.15, 0.2) is 28.7 Å². The number of hydrogen-bond donors (Lipinski definition) is 1. The molecule has 3 heteroatoms. The van der Waals surface area contributed by atoms with Crippen molar-refractivity contribution in [1.82, 2.24) is 5.32 Å². The minimum absolute atomic E-state index is 0.253. The highest BCUT2D eigenvalue weighted by molar-refractivity contribution is 5.82. The Morgan fingerprint density at radius 1 is 1.39 bits per heavy atom. The van der Waals surface area contributed by atoms with Gasteiger partial charge in [-0.2, -0.15) is 5.26 Å². The second-order valence-corrected chi connectivity index (χ2v) is 4.48. The van der Waals surface area contributed by atoms with E-state index in [1.54, 1.807) is 0 Å². The van der Waals surface area contributed by atoms with E-state index in [1.165, 1.54) is 5.56 Å². The molecule has 0 aliphatic rings. The molecule has 1 atom stereocenters. The lowest BCUT2D eigenvalue weighted by Crippen LogP contribution is -2.27. The third-order valence-corrected chi connectivity index (χ3v) is 3.30. The van der Waals surface area contributed by atoms with E-state index in [0.717, 1.165) is 29.7 Å². The van der Waals surface area contributed by atoms with Gasteiger partial charge in [-0.05, 0) is 19.4 Å². The summed E-state index contributed by atoms with van der Waals surface area (Å²) in [5, 5.41) is 13.3. The fourth-order valence-corrected chi connectivity index (χ4v) is 2.16. The molecule has 1 unspecified atom stereocenters. The monoisotopic (exact) mass is 242 g/mol. The number of fused-ring (bicyclic) bond motifs is 1. The molecule has 0 spiro atoms. The van der Waals surface area contributed by atoms with E-state index in [4.69, 9.17) is 9.68 Å². The number of hydrogen-bond acceptors (Lipinski definition) is 3. The first kappa shape index (κ1) is 12.7. The Labute approximate surface area is 107 Å². The minimum atomic E-state index is 0.253. The third-order valence-electron chi connectivity index (χ3n) is 3.30. The molecule has 1 aromatic carbocycles. The van der Waals surface area contributed by atoms with Gasteiger partial charge in [-0.1, -0.05) is 25.1 Å². The van der Waals surface area contributed by atoms with E-state index >= 15 is 0 Å². The lowest BCUT2D eigenvalue weighted by atomic mass is 10.1. The average molecular weight is 242 g/mol. The van der Waals surface area contributed by atoms with Gasteiger partial charge in [0.25, 0.3) is 0 Å². The Kier molecular flexibility index (Phi) is 4.01.